The number of carbonyl (C=O) groups is 2. The van der Waals surface area contributed by atoms with E-state index in [1.165, 1.54) is 0 Å². The molecule has 0 saturated carbocycles. The maximum atomic E-state index is 11.3. The maximum absolute atomic E-state index is 11.3. The number of aliphatic carboxylic acids is 1. The summed E-state index contributed by atoms with van der Waals surface area (Å²) >= 11 is 0. The van der Waals surface area contributed by atoms with Gasteiger partial charge < -0.3 is 14.6 Å². The van der Waals surface area contributed by atoms with Gasteiger partial charge in [0, 0.05) is 5.97 Å². The molecule has 0 heterocycles. The molecule has 0 aromatic carbocycles. The van der Waals surface area contributed by atoms with E-state index in [9.17, 15) is 14.7 Å². The van der Waals surface area contributed by atoms with E-state index < -0.39 is 11.9 Å². The number of carboxylic acid groups (broad SMARTS) is 1. The molecular formula is C12H17O4-. The van der Waals surface area contributed by atoms with Gasteiger partial charge in [0.25, 0.3) is 0 Å². The molecule has 1 unspecified atom stereocenters. The molecule has 0 N–H and O–H groups in total. The van der Waals surface area contributed by atoms with Crippen molar-refractivity contribution in [2.24, 2.45) is 0 Å². The van der Waals surface area contributed by atoms with Crippen molar-refractivity contribution in [3.8, 4) is 0 Å². The Morgan fingerprint density at radius 3 is 2.69 bits per heavy atom. The molecule has 90 valence electrons. The Morgan fingerprint density at radius 2 is 1.94 bits per heavy atom. The van der Waals surface area contributed by atoms with Crippen molar-refractivity contribution in [3.05, 3.63) is 12.2 Å². The van der Waals surface area contributed by atoms with Gasteiger partial charge in [-0.15, -0.1) is 0 Å². The zero-order chi connectivity index (χ0) is 11.8. The molecule has 0 aromatic heterocycles. The zero-order valence-corrected chi connectivity index (χ0v) is 9.31. The third-order valence-electron chi connectivity index (χ3n) is 2.55. The molecule has 1 aliphatic carbocycles. The van der Waals surface area contributed by atoms with Crippen LogP contribution in [0, 0.1) is 0 Å². The quantitative estimate of drug-likeness (QED) is 0.527. The van der Waals surface area contributed by atoms with Crippen molar-refractivity contribution < 1.29 is 19.4 Å². The molecule has 0 saturated heterocycles. The number of hydrogen-bond donors (Lipinski definition) is 0. The summed E-state index contributed by atoms with van der Waals surface area (Å²) < 4.78 is 5.21. The molecule has 4 nitrogen and oxygen atoms in total. The van der Waals surface area contributed by atoms with Crippen LogP contribution in [0.2, 0.25) is 0 Å². The van der Waals surface area contributed by atoms with Crippen molar-refractivity contribution in [1.29, 1.82) is 0 Å². The Kier molecular flexibility index (Phi) is 5.61. The Hall–Kier alpha value is -1.32. The minimum Gasteiger partial charge on any atom is -0.550 e. The lowest BCUT2D eigenvalue weighted by atomic mass is 10.0. The highest BCUT2D eigenvalue weighted by molar-refractivity contribution is 5.75. The van der Waals surface area contributed by atoms with Crippen molar-refractivity contribution in [2.45, 2.75) is 51.0 Å². The largest absolute Gasteiger partial charge is 0.550 e. The number of hydrogen-bond acceptors (Lipinski definition) is 4. The van der Waals surface area contributed by atoms with Gasteiger partial charge in [0.1, 0.15) is 6.10 Å². The summed E-state index contributed by atoms with van der Waals surface area (Å²) in [6.07, 6.45) is 8.48. The van der Waals surface area contributed by atoms with Gasteiger partial charge in [-0.25, -0.2) is 0 Å². The number of allylic oxidation sites excluding steroid dienone is 2. The van der Waals surface area contributed by atoms with Crippen LogP contribution in [-0.4, -0.2) is 18.0 Å². The lowest BCUT2D eigenvalue weighted by molar-refractivity contribution is -0.305. The fourth-order valence-corrected chi connectivity index (χ4v) is 1.69. The Balaban J connectivity index is 2.26. The van der Waals surface area contributed by atoms with E-state index in [1.807, 2.05) is 0 Å². The number of carboxylic acids is 1. The SMILES string of the molecule is O=C([O-])CCC(=O)OC1CC/C=C\CCC1. The van der Waals surface area contributed by atoms with Crippen LogP contribution in [0.5, 0.6) is 0 Å². The summed E-state index contributed by atoms with van der Waals surface area (Å²) in [5.74, 6) is -1.64. The molecule has 16 heavy (non-hydrogen) atoms. The number of rotatable bonds is 4. The summed E-state index contributed by atoms with van der Waals surface area (Å²) in [6, 6.07) is 0. The molecule has 0 aliphatic heterocycles. The normalized spacial score (nSPS) is 22.9. The molecule has 0 aromatic rings. The Labute approximate surface area is 95.3 Å². The first kappa shape index (κ1) is 12.7. The summed E-state index contributed by atoms with van der Waals surface area (Å²) in [4.78, 5) is 21.5. The van der Waals surface area contributed by atoms with Crippen LogP contribution in [-0.2, 0) is 14.3 Å². The highest BCUT2D eigenvalue weighted by Crippen LogP contribution is 2.16. The van der Waals surface area contributed by atoms with Crippen LogP contribution in [0.3, 0.4) is 0 Å². The lowest BCUT2D eigenvalue weighted by Crippen LogP contribution is -2.24. The summed E-state index contributed by atoms with van der Waals surface area (Å²) in [6.45, 7) is 0. The fourth-order valence-electron chi connectivity index (χ4n) is 1.69. The lowest BCUT2D eigenvalue weighted by Gasteiger charge is -2.18. The molecule has 0 fully saturated rings. The van der Waals surface area contributed by atoms with Gasteiger partial charge >= 0.3 is 5.97 Å². The van der Waals surface area contributed by atoms with Crippen molar-refractivity contribution >= 4 is 11.9 Å². The van der Waals surface area contributed by atoms with Crippen LogP contribution >= 0.6 is 0 Å². The van der Waals surface area contributed by atoms with E-state index in [2.05, 4.69) is 12.2 Å². The van der Waals surface area contributed by atoms with Gasteiger partial charge in [0.15, 0.2) is 0 Å². The predicted octanol–water partition coefficient (Wildman–Crippen LogP) is 0.949. The minimum atomic E-state index is -1.21. The van der Waals surface area contributed by atoms with Crippen molar-refractivity contribution in [2.75, 3.05) is 0 Å². The van der Waals surface area contributed by atoms with Crippen LogP contribution in [0.15, 0.2) is 12.2 Å². The predicted molar refractivity (Wildman–Crippen MR) is 56.3 cm³/mol. The van der Waals surface area contributed by atoms with Crippen molar-refractivity contribution in [1.82, 2.24) is 0 Å². The molecule has 0 radical (unpaired) electrons. The summed E-state index contributed by atoms with van der Waals surface area (Å²) in [5, 5.41) is 10.2. The molecule has 1 atom stereocenters. The fraction of sp³-hybridized carbons (Fsp3) is 0.667. The second-order valence-electron chi connectivity index (χ2n) is 3.96. The van der Waals surface area contributed by atoms with Crippen LogP contribution in [0.25, 0.3) is 0 Å². The molecule has 1 rings (SSSR count). The first-order valence-electron chi connectivity index (χ1n) is 5.73. The molecular weight excluding hydrogens is 208 g/mol. The maximum Gasteiger partial charge on any atom is 0.306 e. The number of ether oxygens (including phenoxy) is 1. The zero-order valence-electron chi connectivity index (χ0n) is 9.31. The van der Waals surface area contributed by atoms with Crippen molar-refractivity contribution in [3.63, 3.8) is 0 Å². The smallest absolute Gasteiger partial charge is 0.306 e. The molecule has 0 bridgehead atoms. The van der Waals surface area contributed by atoms with Gasteiger partial charge in [0.2, 0.25) is 0 Å². The molecule has 4 heteroatoms. The van der Waals surface area contributed by atoms with Gasteiger partial charge in [0.05, 0.1) is 6.42 Å². The summed E-state index contributed by atoms with van der Waals surface area (Å²) in [5.41, 5.74) is 0. The molecule has 0 amide bonds. The number of carbonyl (C=O) groups excluding carboxylic acids is 2. The average Bonchev–Trinajstić information content (AvgIpc) is 2.19. The van der Waals surface area contributed by atoms with E-state index in [0.29, 0.717) is 0 Å². The molecule has 0 spiro atoms. The number of esters is 1. The van der Waals surface area contributed by atoms with E-state index in [4.69, 9.17) is 4.74 Å². The van der Waals surface area contributed by atoms with Gasteiger partial charge in [-0.3, -0.25) is 4.79 Å². The monoisotopic (exact) mass is 225 g/mol. The third-order valence-corrected chi connectivity index (χ3v) is 2.55. The van der Waals surface area contributed by atoms with Crippen LogP contribution in [0.1, 0.15) is 44.9 Å². The van der Waals surface area contributed by atoms with Crippen LogP contribution < -0.4 is 5.11 Å². The minimum absolute atomic E-state index is 0.0563. The van der Waals surface area contributed by atoms with Gasteiger partial charge in [-0.05, 0) is 38.5 Å². The first-order valence-corrected chi connectivity index (χ1v) is 5.73. The molecule has 1 aliphatic rings. The van der Waals surface area contributed by atoms with Gasteiger partial charge in [-0.2, -0.15) is 0 Å². The van der Waals surface area contributed by atoms with Gasteiger partial charge in [-0.1, -0.05) is 12.2 Å². The highest BCUT2D eigenvalue weighted by Gasteiger charge is 2.14. The van der Waals surface area contributed by atoms with E-state index in [1.54, 1.807) is 0 Å². The first-order chi connectivity index (χ1) is 7.68. The average molecular weight is 225 g/mol. The Bertz CT molecular complexity index is 270. The topological polar surface area (TPSA) is 66.4 Å². The Morgan fingerprint density at radius 1 is 1.19 bits per heavy atom. The summed E-state index contributed by atoms with van der Waals surface area (Å²) in [7, 11) is 0. The second kappa shape index (κ2) is 7.04. The van der Waals surface area contributed by atoms with Crippen LogP contribution in [0.4, 0.5) is 0 Å². The van der Waals surface area contributed by atoms with E-state index in [0.717, 1.165) is 32.1 Å². The second-order valence-corrected chi connectivity index (χ2v) is 3.96. The van der Waals surface area contributed by atoms with E-state index in [-0.39, 0.29) is 18.9 Å². The third kappa shape index (κ3) is 5.53. The highest BCUT2D eigenvalue weighted by atomic mass is 16.5. The van der Waals surface area contributed by atoms with E-state index >= 15 is 0 Å². The standard InChI is InChI=1S/C12H18O4/c13-11(14)8-9-12(15)16-10-6-4-2-1-3-5-7-10/h1-2,10H,3-9H2,(H,13,14)/p-1/b2-1-.